The third-order valence-corrected chi connectivity index (χ3v) is 3.70. The number of urea groups is 1. The number of rotatable bonds is 1. The summed E-state index contributed by atoms with van der Waals surface area (Å²) in [4.78, 5) is 13.5. The zero-order valence-corrected chi connectivity index (χ0v) is 10.9. The second-order valence-electron chi connectivity index (χ2n) is 4.10. The number of thioether (sulfide) groups is 1. The molecular formula is C12H13F3N2OS. The van der Waals surface area contributed by atoms with E-state index in [1.807, 2.05) is 0 Å². The fourth-order valence-corrected chi connectivity index (χ4v) is 2.61. The Hall–Kier alpha value is -1.37. The zero-order chi connectivity index (χ0) is 13.9. The molecule has 0 radical (unpaired) electrons. The van der Waals surface area contributed by atoms with Gasteiger partial charge in [0.05, 0.1) is 5.56 Å². The highest BCUT2D eigenvalue weighted by Gasteiger charge is 2.30. The van der Waals surface area contributed by atoms with Gasteiger partial charge in [-0.3, -0.25) is 0 Å². The van der Waals surface area contributed by atoms with Crippen molar-refractivity contribution in [1.29, 1.82) is 0 Å². The first-order chi connectivity index (χ1) is 8.97. The maximum Gasteiger partial charge on any atom is 0.416 e. The molecule has 0 atom stereocenters. The van der Waals surface area contributed by atoms with E-state index in [1.165, 1.54) is 12.1 Å². The number of benzene rings is 1. The summed E-state index contributed by atoms with van der Waals surface area (Å²) in [5.74, 6) is 1.78. The number of hydrogen-bond donors (Lipinski definition) is 1. The van der Waals surface area contributed by atoms with Gasteiger partial charge in [0, 0.05) is 30.3 Å². The number of anilines is 1. The van der Waals surface area contributed by atoms with Gasteiger partial charge in [-0.2, -0.15) is 24.9 Å². The molecule has 2 amide bonds. The first kappa shape index (κ1) is 14.0. The van der Waals surface area contributed by atoms with Crippen molar-refractivity contribution >= 4 is 23.5 Å². The molecule has 1 saturated heterocycles. The minimum absolute atomic E-state index is 0.264. The van der Waals surface area contributed by atoms with Crippen LogP contribution in [0.2, 0.25) is 0 Å². The van der Waals surface area contributed by atoms with Crippen LogP contribution in [0.25, 0.3) is 0 Å². The van der Waals surface area contributed by atoms with Crippen molar-refractivity contribution < 1.29 is 18.0 Å². The molecule has 1 heterocycles. The summed E-state index contributed by atoms with van der Waals surface area (Å²) in [6.45, 7) is 1.33. The topological polar surface area (TPSA) is 32.3 Å². The van der Waals surface area contributed by atoms with E-state index in [4.69, 9.17) is 0 Å². The van der Waals surface area contributed by atoms with Crippen LogP contribution < -0.4 is 5.32 Å². The number of alkyl halides is 3. The Morgan fingerprint density at radius 2 is 1.74 bits per heavy atom. The minimum atomic E-state index is -4.35. The minimum Gasteiger partial charge on any atom is -0.323 e. The van der Waals surface area contributed by atoms with Crippen LogP contribution in [-0.4, -0.2) is 35.5 Å². The van der Waals surface area contributed by atoms with Gasteiger partial charge in [0.1, 0.15) is 0 Å². The largest absolute Gasteiger partial charge is 0.416 e. The molecule has 1 aliphatic heterocycles. The Morgan fingerprint density at radius 3 is 2.26 bits per heavy atom. The zero-order valence-electron chi connectivity index (χ0n) is 10.0. The number of nitrogens with zero attached hydrogens (tertiary/aromatic N) is 1. The lowest BCUT2D eigenvalue weighted by Gasteiger charge is -2.26. The standard InChI is InChI=1S/C12H13F3N2OS/c13-12(14,15)9-1-3-10(4-2-9)16-11(18)17-5-7-19-8-6-17/h1-4H,5-8H2,(H,16,18). The molecule has 104 valence electrons. The lowest BCUT2D eigenvalue weighted by Crippen LogP contribution is -2.40. The van der Waals surface area contributed by atoms with Crippen molar-refractivity contribution in [2.75, 3.05) is 29.9 Å². The number of hydrogen-bond acceptors (Lipinski definition) is 2. The second kappa shape index (κ2) is 5.73. The van der Waals surface area contributed by atoms with Crippen molar-refractivity contribution in [2.24, 2.45) is 0 Å². The fourth-order valence-electron chi connectivity index (χ4n) is 1.71. The molecule has 1 N–H and O–H groups in total. The molecule has 0 aromatic heterocycles. The van der Waals surface area contributed by atoms with Gasteiger partial charge in [-0.05, 0) is 24.3 Å². The molecule has 1 aliphatic rings. The van der Waals surface area contributed by atoms with Gasteiger partial charge in [0.25, 0.3) is 0 Å². The van der Waals surface area contributed by atoms with Gasteiger partial charge in [0.15, 0.2) is 0 Å². The summed E-state index contributed by atoms with van der Waals surface area (Å²) >= 11 is 1.78. The van der Waals surface area contributed by atoms with Gasteiger partial charge < -0.3 is 10.2 Å². The van der Waals surface area contributed by atoms with E-state index in [0.29, 0.717) is 18.8 Å². The summed E-state index contributed by atoms with van der Waals surface area (Å²) in [5, 5.41) is 2.60. The van der Waals surface area contributed by atoms with E-state index in [2.05, 4.69) is 5.32 Å². The molecule has 0 bridgehead atoms. The summed E-state index contributed by atoms with van der Waals surface area (Å²) < 4.78 is 37.1. The van der Waals surface area contributed by atoms with Crippen molar-refractivity contribution in [3.8, 4) is 0 Å². The summed E-state index contributed by atoms with van der Waals surface area (Å²) in [6, 6.07) is 4.18. The van der Waals surface area contributed by atoms with Crippen LogP contribution in [-0.2, 0) is 6.18 Å². The average Bonchev–Trinajstić information content (AvgIpc) is 2.39. The van der Waals surface area contributed by atoms with Crippen LogP contribution in [0.15, 0.2) is 24.3 Å². The molecule has 7 heteroatoms. The summed E-state index contributed by atoms with van der Waals surface area (Å²) in [7, 11) is 0. The Bertz CT molecular complexity index is 441. The van der Waals surface area contributed by atoms with E-state index in [-0.39, 0.29) is 6.03 Å². The van der Waals surface area contributed by atoms with E-state index in [0.717, 1.165) is 23.6 Å². The first-order valence-corrected chi connectivity index (χ1v) is 6.93. The van der Waals surface area contributed by atoms with Crippen LogP contribution >= 0.6 is 11.8 Å². The number of halogens is 3. The van der Waals surface area contributed by atoms with Crippen molar-refractivity contribution in [2.45, 2.75) is 6.18 Å². The predicted octanol–water partition coefficient (Wildman–Crippen LogP) is 3.29. The molecule has 1 aromatic carbocycles. The molecule has 19 heavy (non-hydrogen) atoms. The lowest BCUT2D eigenvalue weighted by molar-refractivity contribution is -0.137. The van der Waals surface area contributed by atoms with Crippen molar-refractivity contribution in [3.63, 3.8) is 0 Å². The molecular weight excluding hydrogens is 277 g/mol. The van der Waals surface area contributed by atoms with Gasteiger partial charge in [-0.1, -0.05) is 0 Å². The Balaban J connectivity index is 1.97. The monoisotopic (exact) mass is 290 g/mol. The van der Waals surface area contributed by atoms with Crippen molar-refractivity contribution in [3.05, 3.63) is 29.8 Å². The Morgan fingerprint density at radius 1 is 1.16 bits per heavy atom. The van der Waals surface area contributed by atoms with Crippen molar-refractivity contribution in [1.82, 2.24) is 4.90 Å². The lowest BCUT2D eigenvalue weighted by atomic mass is 10.2. The van der Waals surface area contributed by atoms with E-state index in [1.54, 1.807) is 16.7 Å². The average molecular weight is 290 g/mol. The normalized spacial score (nSPS) is 16.3. The van der Waals surface area contributed by atoms with E-state index < -0.39 is 11.7 Å². The van der Waals surface area contributed by atoms with Gasteiger partial charge >= 0.3 is 12.2 Å². The number of nitrogens with one attached hydrogen (secondary N) is 1. The van der Waals surface area contributed by atoms with Gasteiger partial charge in [-0.15, -0.1) is 0 Å². The highest BCUT2D eigenvalue weighted by Crippen LogP contribution is 2.29. The summed E-state index contributed by atoms with van der Waals surface area (Å²) in [6.07, 6.45) is -4.35. The molecule has 0 spiro atoms. The third kappa shape index (κ3) is 3.79. The molecule has 0 aliphatic carbocycles. The van der Waals surface area contributed by atoms with Crippen LogP contribution in [0.3, 0.4) is 0 Å². The number of amides is 2. The predicted molar refractivity (Wildman–Crippen MR) is 69.4 cm³/mol. The van der Waals surface area contributed by atoms with Crippen LogP contribution in [0.4, 0.5) is 23.7 Å². The van der Waals surface area contributed by atoms with E-state index in [9.17, 15) is 18.0 Å². The summed E-state index contributed by atoms with van der Waals surface area (Å²) in [5.41, 5.74) is -0.351. The quantitative estimate of drug-likeness (QED) is 0.861. The van der Waals surface area contributed by atoms with Crippen LogP contribution in [0.5, 0.6) is 0 Å². The Kier molecular flexibility index (Phi) is 4.24. The Labute approximate surface area is 113 Å². The smallest absolute Gasteiger partial charge is 0.323 e. The maximum atomic E-state index is 12.4. The third-order valence-electron chi connectivity index (χ3n) is 2.76. The molecule has 1 aromatic rings. The maximum absolute atomic E-state index is 12.4. The van der Waals surface area contributed by atoms with Crippen LogP contribution in [0, 0.1) is 0 Å². The molecule has 1 fully saturated rings. The molecule has 3 nitrogen and oxygen atoms in total. The highest BCUT2D eigenvalue weighted by atomic mass is 32.2. The molecule has 0 unspecified atom stereocenters. The number of carbonyl (C=O) groups excluding carboxylic acids is 1. The molecule has 2 rings (SSSR count). The van der Waals surface area contributed by atoms with Gasteiger partial charge in [-0.25, -0.2) is 4.79 Å². The fraction of sp³-hybridized carbons (Fsp3) is 0.417. The van der Waals surface area contributed by atoms with Gasteiger partial charge in [0.2, 0.25) is 0 Å². The molecule has 0 saturated carbocycles. The number of carbonyl (C=O) groups is 1. The van der Waals surface area contributed by atoms with E-state index >= 15 is 0 Å². The highest BCUT2D eigenvalue weighted by molar-refractivity contribution is 7.99. The SMILES string of the molecule is O=C(Nc1ccc(C(F)(F)F)cc1)N1CCSCC1. The second-order valence-corrected chi connectivity index (χ2v) is 5.33. The first-order valence-electron chi connectivity index (χ1n) is 5.78. The van der Waals surface area contributed by atoms with Crippen LogP contribution in [0.1, 0.15) is 5.56 Å².